The normalized spacial score (nSPS) is 21.0. The quantitative estimate of drug-likeness (QED) is 0.846. The van der Waals surface area contributed by atoms with Gasteiger partial charge < -0.3 is 19.6 Å². The van der Waals surface area contributed by atoms with Gasteiger partial charge >= 0.3 is 0 Å². The van der Waals surface area contributed by atoms with Crippen molar-refractivity contribution in [2.45, 2.75) is 0 Å². The molecule has 23 heavy (non-hydrogen) atoms. The summed E-state index contributed by atoms with van der Waals surface area (Å²) in [5, 5.41) is 9.45. The number of aliphatic hydroxyl groups excluding tert-OH is 1. The maximum atomic E-state index is 13.5. The first-order valence-corrected chi connectivity index (χ1v) is 7.52. The molecule has 0 unspecified atom stereocenters. The Bertz CT molecular complexity index is 554. The van der Waals surface area contributed by atoms with E-state index in [0.29, 0.717) is 19.2 Å². The first kappa shape index (κ1) is 17.6. The molecule has 0 saturated carbocycles. The van der Waals surface area contributed by atoms with Crippen molar-refractivity contribution in [2.24, 2.45) is 11.8 Å². The van der Waals surface area contributed by atoms with Crippen LogP contribution in [0.15, 0.2) is 18.2 Å². The molecule has 1 N–H and O–H groups in total. The van der Waals surface area contributed by atoms with Gasteiger partial charge in [-0.05, 0) is 32.1 Å². The van der Waals surface area contributed by atoms with E-state index in [9.17, 15) is 18.7 Å². The summed E-state index contributed by atoms with van der Waals surface area (Å²) in [5.74, 6) is -1.72. The van der Waals surface area contributed by atoms with E-state index in [4.69, 9.17) is 4.74 Å². The highest BCUT2D eigenvalue weighted by atomic mass is 19.1. The third kappa shape index (κ3) is 4.62. The van der Waals surface area contributed by atoms with Gasteiger partial charge in [0.25, 0.3) is 5.91 Å². The average Bonchev–Trinajstić information content (AvgIpc) is 2.88. The highest BCUT2D eigenvalue weighted by Gasteiger charge is 2.35. The Kier molecular flexibility index (Phi) is 5.90. The third-order valence-corrected chi connectivity index (χ3v) is 4.01. The lowest BCUT2D eigenvalue weighted by Crippen LogP contribution is -2.34. The molecule has 0 bridgehead atoms. The van der Waals surface area contributed by atoms with Crippen LogP contribution in [-0.4, -0.2) is 67.8 Å². The molecule has 0 aromatic heterocycles. The van der Waals surface area contributed by atoms with Gasteiger partial charge in [0.1, 0.15) is 5.82 Å². The van der Waals surface area contributed by atoms with E-state index in [1.54, 1.807) is 4.90 Å². The molecule has 1 aromatic carbocycles. The second-order valence-electron chi connectivity index (χ2n) is 6.13. The van der Waals surface area contributed by atoms with Gasteiger partial charge in [-0.1, -0.05) is 0 Å². The lowest BCUT2D eigenvalue weighted by molar-refractivity contribution is -0.132. The van der Waals surface area contributed by atoms with Crippen molar-refractivity contribution in [3.05, 3.63) is 29.8 Å². The molecule has 0 spiro atoms. The zero-order valence-electron chi connectivity index (χ0n) is 13.3. The van der Waals surface area contributed by atoms with Crippen LogP contribution < -0.4 is 4.74 Å². The van der Waals surface area contributed by atoms with Crippen LogP contribution in [0.3, 0.4) is 0 Å². The highest BCUT2D eigenvalue weighted by Crippen LogP contribution is 2.24. The lowest BCUT2D eigenvalue weighted by Gasteiger charge is -2.20. The Hall–Kier alpha value is -1.73. The Labute approximate surface area is 134 Å². The average molecular weight is 328 g/mol. The van der Waals surface area contributed by atoms with Gasteiger partial charge in [-0.2, -0.15) is 0 Å². The van der Waals surface area contributed by atoms with Crippen molar-refractivity contribution in [2.75, 3.05) is 46.9 Å². The van der Waals surface area contributed by atoms with E-state index in [-0.39, 0.29) is 36.7 Å². The van der Waals surface area contributed by atoms with Crippen LogP contribution in [0.5, 0.6) is 5.75 Å². The first-order valence-electron chi connectivity index (χ1n) is 7.52. The van der Waals surface area contributed by atoms with E-state index >= 15 is 0 Å². The smallest absolute Gasteiger partial charge is 0.260 e. The number of benzene rings is 1. The fourth-order valence-corrected chi connectivity index (χ4v) is 2.85. The molecule has 1 fully saturated rings. The lowest BCUT2D eigenvalue weighted by atomic mass is 9.97. The van der Waals surface area contributed by atoms with Crippen LogP contribution in [0.4, 0.5) is 8.78 Å². The largest absolute Gasteiger partial charge is 0.481 e. The summed E-state index contributed by atoms with van der Waals surface area (Å²) >= 11 is 0. The number of ether oxygens (including phenoxy) is 1. The number of nitrogens with zero attached hydrogens (tertiary/aromatic N) is 2. The first-order chi connectivity index (χ1) is 10.9. The maximum absolute atomic E-state index is 13.5. The Balaban J connectivity index is 1.91. The number of amides is 1. The maximum Gasteiger partial charge on any atom is 0.260 e. The number of rotatable bonds is 6. The van der Waals surface area contributed by atoms with Gasteiger partial charge in [0, 0.05) is 38.2 Å². The summed E-state index contributed by atoms with van der Waals surface area (Å²) in [4.78, 5) is 15.8. The second kappa shape index (κ2) is 7.70. The monoisotopic (exact) mass is 328 g/mol. The van der Waals surface area contributed by atoms with Gasteiger partial charge in [-0.25, -0.2) is 8.78 Å². The van der Waals surface area contributed by atoms with Crippen LogP contribution >= 0.6 is 0 Å². The number of carbonyl (C=O) groups is 1. The van der Waals surface area contributed by atoms with Crippen molar-refractivity contribution < 1.29 is 23.4 Å². The van der Waals surface area contributed by atoms with Crippen molar-refractivity contribution in [3.8, 4) is 5.75 Å². The third-order valence-electron chi connectivity index (χ3n) is 4.01. The summed E-state index contributed by atoms with van der Waals surface area (Å²) in [5.41, 5.74) is 0. The fraction of sp³-hybridized carbons (Fsp3) is 0.562. The van der Waals surface area contributed by atoms with Crippen molar-refractivity contribution in [3.63, 3.8) is 0 Å². The zero-order chi connectivity index (χ0) is 17.0. The summed E-state index contributed by atoms with van der Waals surface area (Å²) in [6.07, 6.45) is 0. The van der Waals surface area contributed by atoms with Crippen molar-refractivity contribution in [1.29, 1.82) is 0 Å². The predicted molar refractivity (Wildman–Crippen MR) is 81.1 cm³/mol. The number of likely N-dealkylation sites (tertiary alicyclic amines) is 1. The topological polar surface area (TPSA) is 53.0 Å². The molecule has 7 heteroatoms. The SMILES string of the molecule is CN(C)C[C@@H]1CN(C(=O)COc2ccc(F)cc2F)C[C@@H]1CO. The predicted octanol–water partition coefficient (Wildman–Crippen LogP) is 0.972. The molecule has 0 radical (unpaired) electrons. The van der Waals surface area contributed by atoms with E-state index in [1.165, 1.54) is 0 Å². The Morgan fingerprint density at radius 3 is 2.65 bits per heavy atom. The Morgan fingerprint density at radius 1 is 1.35 bits per heavy atom. The highest BCUT2D eigenvalue weighted by molar-refractivity contribution is 5.78. The molecule has 1 heterocycles. The number of hydrogen-bond donors (Lipinski definition) is 1. The number of carbonyl (C=O) groups excluding carboxylic acids is 1. The van der Waals surface area contributed by atoms with Gasteiger partial charge in [0.2, 0.25) is 0 Å². The molecule has 1 aromatic rings. The number of aliphatic hydroxyl groups is 1. The molecule has 2 rings (SSSR count). The summed E-state index contributed by atoms with van der Waals surface area (Å²) in [7, 11) is 3.89. The van der Waals surface area contributed by atoms with Crippen molar-refractivity contribution >= 4 is 5.91 Å². The minimum atomic E-state index is -0.835. The standard InChI is InChI=1S/C16H22F2N2O3/c1-19(2)6-11-7-20(8-12(11)9-21)16(22)10-23-15-4-3-13(17)5-14(15)18/h3-5,11-12,21H,6-10H2,1-2H3/t11-,12-/m1/s1. The second-order valence-corrected chi connectivity index (χ2v) is 6.13. The summed E-state index contributed by atoms with van der Waals surface area (Å²) in [6.45, 7) is 1.49. The molecular formula is C16H22F2N2O3. The van der Waals surface area contributed by atoms with Crippen LogP contribution in [0, 0.1) is 23.5 Å². The van der Waals surface area contributed by atoms with Gasteiger partial charge in [-0.3, -0.25) is 4.79 Å². The van der Waals surface area contributed by atoms with Crippen molar-refractivity contribution in [1.82, 2.24) is 9.80 Å². The molecule has 128 valence electrons. The molecule has 5 nitrogen and oxygen atoms in total. The van der Waals surface area contributed by atoms with Gasteiger partial charge in [0.05, 0.1) is 0 Å². The molecule has 1 amide bonds. The van der Waals surface area contributed by atoms with Crippen LogP contribution in [0.25, 0.3) is 0 Å². The molecular weight excluding hydrogens is 306 g/mol. The van der Waals surface area contributed by atoms with Gasteiger partial charge in [0.15, 0.2) is 18.2 Å². The minimum Gasteiger partial charge on any atom is -0.481 e. The summed E-state index contributed by atoms with van der Waals surface area (Å²) in [6, 6.07) is 2.95. The van der Waals surface area contributed by atoms with Crippen LogP contribution in [0.2, 0.25) is 0 Å². The number of hydrogen-bond acceptors (Lipinski definition) is 4. The molecule has 0 aliphatic carbocycles. The summed E-state index contributed by atoms with van der Waals surface area (Å²) < 4.78 is 31.4. The van der Waals surface area contributed by atoms with E-state index in [1.807, 2.05) is 19.0 Å². The van der Waals surface area contributed by atoms with Crippen LogP contribution in [0.1, 0.15) is 0 Å². The molecule has 1 aliphatic rings. The minimum absolute atomic E-state index is 0.0235. The zero-order valence-corrected chi connectivity index (χ0v) is 13.3. The van der Waals surface area contributed by atoms with E-state index in [0.717, 1.165) is 18.7 Å². The molecule has 2 atom stereocenters. The van der Waals surface area contributed by atoms with E-state index in [2.05, 4.69) is 0 Å². The number of halogens is 2. The fourth-order valence-electron chi connectivity index (χ4n) is 2.85. The van der Waals surface area contributed by atoms with E-state index < -0.39 is 11.6 Å². The molecule has 1 saturated heterocycles. The Morgan fingerprint density at radius 2 is 2.04 bits per heavy atom. The van der Waals surface area contributed by atoms with Gasteiger partial charge in [-0.15, -0.1) is 0 Å². The van der Waals surface area contributed by atoms with Crippen LogP contribution in [-0.2, 0) is 4.79 Å². The molecule has 1 aliphatic heterocycles.